The summed E-state index contributed by atoms with van der Waals surface area (Å²) in [4.78, 5) is 18.2. The summed E-state index contributed by atoms with van der Waals surface area (Å²) in [6.45, 7) is 2.25. The van der Waals surface area contributed by atoms with Gasteiger partial charge in [-0.25, -0.2) is 4.68 Å². The third-order valence-corrected chi connectivity index (χ3v) is 6.13. The highest BCUT2D eigenvalue weighted by molar-refractivity contribution is 7.86. The molecule has 0 aliphatic carbocycles. The highest BCUT2D eigenvalue weighted by atomic mass is 35.5. The monoisotopic (exact) mass is 414 g/mol. The first-order valence-electron chi connectivity index (χ1n) is 8.28. The molecule has 9 nitrogen and oxygen atoms in total. The first kappa shape index (κ1) is 21.3. The SMILES string of the molecule is CCN(C(=O)CCN(C)S(=O)(=O)N(C)C)c1cn(-c2cccnc2)nc1Cl. The molecule has 2 aromatic rings. The maximum absolute atomic E-state index is 12.7. The minimum atomic E-state index is -3.56. The van der Waals surface area contributed by atoms with E-state index < -0.39 is 10.2 Å². The average molecular weight is 415 g/mol. The van der Waals surface area contributed by atoms with Crippen molar-refractivity contribution in [3.8, 4) is 5.69 Å². The van der Waals surface area contributed by atoms with Gasteiger partial charge in [-0.05, 0) is 19.1 Å². The third kappa shape index (κ3) is 4.83. The highest BCUT2D eigenvalue weighted by Gasteiger charge is 2.24. The molecule has 11 heteroatoms. The van der Waals surface area contributed by atoms with Crippen LogP contribution in [0.25, 0.3) is 5.69 Å². The Hall–Kier alpha value is -2.01. The van der Waals surface area contributed by atoms with Crippen LogP contribution in [0.4, 0.5) is 5.69 Å². The van der Waals surface area contributed by atoms with Crippen molar-refractivity contribution in [2.75, 3.05) is 39.1 Å². The smallest absolute Gasteiger partial charge is 0.281 e. The van der Waals surface area contributed by atoms with Crippen molar-refractivity contribution in [1.29, 1.82) is 0 Å². The first-order chi connectivity index (χ1) is 12.7. The summed E-state index contributed by atoms with van der Waals surface area (Å²) in [5.41, 5.74) is 1.18. The summed E-state index contributed by atoms with van der Waals surface area (Å²) < 4.78 is 27.9. The van der Waals surface area contributed by atoms with E-state index in [1.807, 2.05) is 13.0 Å². The van der Waals surface area contributed by atoms with Crippen LogP contribution in [0.3, 0.4) is 0 Å². The van der Waals surface area contributed by atoms with Gasteiger partial charge in [0.25, 0.3) is 10.2 Å². The minimum absolute atomic E-state index is 0.0197. The molecule has 0 saturated carbocycles. The van der Waals surface area contributed by atoms with E-state index in [0.717, 1.165) is 8.61 Å². The largest absolute Gasteiger partial charge is 0.308 e. The molecular weight excluding hydrogens is 392 g/mol. The summed E-state index contributed by atoms with van der Waals surface area (Å²) >= 11 is 6.23. The van der Waals surface area contributed by atoms with Crippen molar-refractivity contribution in [3.05, 3.63) is 35.9 Å². The molecule has 2 rings (SSSR count). The Bertz CT molecular complexity index is 885. The van der Waals surface area contributed by atoms with E-state index in [4.69, 9.17) is 11.6 Å². The molecule has 2 heterocycles. The van der Waals surface area contributed by atoms with Crippen LogP contribution >= 0.6 is 11.6 Å². The molecule has 0 unspecified atom stereocenters. The molecule has 0 aliphatic rings. The maximum atomic E-state index is 12.7. The molecule has 0 spiro atoms. The van der Waals surface area contributed by atoms with Gasteiger partial charge in [0, 0.05) is 46.9 Å². The molecule has 0 fully saturated rings. The fourth-order valence-corrected chi connectivity index (χ4v) is 3.52. The zero-order chi connectivity index (χ0) is 20.2. The Balaban J connectivity index is 2.15. The lowest BCUT2D eigenvalue weighted by Gasteiger charge is -2.23. The lowest BCUT2D eigenvalue weighted by atomic mass is 10.3. The van der Waals surface area contributed by atoms with Crippen LogP contribution in [0, 0.1) is 0 Å². The number of hydrogen-bond donors (Lipinski definition) is 0. The van der Waals surface area contributed by atoms with E-state index >= 15 is 0 Å². The number of pyridine rings is 1. The van der Waals surface area contributed by atoms with Crippen LogP contribution in [0.5, 0.6) is 0 Å². The third-order valence-electron chi connectivity index (χ3n) is 3.97. The van der Waals surface area contributed by atoms with Gasteiger partial charge in [-0.3, -0.25) is 9.78 Å². The van der Waals surface area contributed by atoms with Crippen LogP contribution in [0.2, 0.25) is 5.15 Å². The molecule has 0 bridgehead atoms. The lowest BCUT2D eigenvalue weighted by molar-refractivity contribution is -0.118. The van der Waals surface area contributed by atoms with E-state index in [0.29, 0.717) is 17.9 Å². The number of rotatable bonds is 8. The molecule has 0 saturated heterocycles. The fourth-order valence-electron chi connectivity index (χ4n) is 2.41. The predicted octanol–water partition coefficient (Wildman–Crippen LogP) is 1.40. The van der Waals surface area contributed by atoms with Crippen molar-refractivity contribution in [2.45, 2.75) is 13.3 Å². The lowest BCUT2D eigenvalue weighted by Crippen LogP contribution is -2.40. The minimum Gasteiger partial charge on any atom is -0.308 e. The van der Waals surface area contributed by atoms with Gasteiger partial charge in [-0.1, -0.05) is 11.6 Å². The zero-order valence-electron chi connectivity index (χ0n) is 15.7. The van der Waals surface area contributed by atoms with Gasteiger partial charge in [-0.2, -0.15) is 22.1 Å². The number of anilines is 1. The van der Waals surface area contributed by atoms with Gasteiger partial charge >= 0.3 is 0 Å². The second-order valence-electron chi connectivity index (χ2n) is 5.96. The molecule has 0 aliphatic heterocycles. The molecule has 0 atom stereocenters. The van der Waals surface area contributed by atoms with E-state index in [2.05, 4.69) is 10.1 Å². The van der Waals surface area contributed by atoms with Crippen molar-refractivity contribution in [3.63, 3.8) is 0 Å². The Kier molecular flexibility index (Phi) is 6.93. The summed E-state index contributed by atoms with van der Waals surface area (Å²) in [5, 5.41) is 4.41. The second-order valence-corrected chi connectivity index (χ2v) is 8.57. The number of hydrogen-bond acceptors (Lipinski definition) is 5. The van der Waals surface area contributed by atoms with Gasteiger partial charge < -0.3 is 4.90 Å². The Labute approximate surface area is 164 Å². The summed E-state index contributed by atoms with van der Waals surface area (Å²) in [7, 11) is 0.760. The zero-order valence-corrected chi connectivity index (χ0v) is 17.3. The van der Waals surface area contributed by atoms with Crippen molar-refractivity contribution < 1.29 is 13.2 Å². The van der Waals surface area contributed by atoms with Gasteiger partial charge in [0.2, 0.25) is 5.91 Å². The second kappa shape index (κ2) is 8.79. The van der Waals surface area contributed by atoms with Gasteiger partial charge in [0.15, 0.2) is 5.15 Å². The number of carbonyl (C=O) groups is 1. The molecule has 148 valence electrons. The van der Waals surface area contributed by atoms with E-state index in [1.165, 1.54) is 26.0 Å². The van der Waals surface area contributed by atoms with Crippen LogP contribution in [0.1, 0.15) is 13.3 Å². The summed E-state index contributed by atoms with van der Waals surface area (Å²) in [6.07, 6.45) is 4.95. The predicted molar refractivity (Wildman–Crippen MR) is 104 cm³/mol. The number of carbonyl (C=O) groups excluding carboxylic acids is 1. The topological polar surface area (TPSA) is 91.6 Å². The number of nitrogens with zero attached hydrogens (tertiary/aromatic N) is 6. The van der Waals surface area contributed by atoms with E-state index in [9.17, 15) is 13.2 Å². The van der Waals surface area contributed by atoms with Crippen LogP contribution in [-0.2, 0) is 15.0 Å². The Morgan fingerprint density at radius 2 is 2.00 bits per heavy atom. The number of amides is 1. The molecule has 1 amide bonds. The molecule has 0 aromatic carbocycles. The Morgan fingerprint density at radius 1 is 1.30 bits per heavy atom. The number of halogens is 1. The highest BCUT2D eigenvalue weighted by Crippen LogP contribution is 2.26. The molecule has 0 radical (unpaired) electrons. The molecular formula is C16H23ClN6O3S. The van der Waals surface area contributed by atoms with Crippen molar-refractivity contribution in [1.82, 2.24) is 23.4 Å². The molecule has 0 N–H and O–H groups in total. The normalized spacial score (nSPS) is 12.0. The molecule has 2 aromatic heterocycles. The average Bonchev–Trinajstić information content (AvgIpc) is 3.02. The number of aromatic nitrogens is 3. The first-order valence-corrected chi connectivity index (χ1v) is 10.1. The summed E-state index contributed by atoms with van der Waals surface area (Å²) in [6, 6.07) is 3.59. The standard InChI is InChI=1S/C16H23ClN6O3S/c1-5-22(15(24)8-10-21(4)27(25,26)20(2)3)14-12-23(19-16(14)17)13-7-6-9-18-11-13/h6-7,9,11-12H,5,8,10H2,1-4H3. The van der Waals surface area contributed by atoms with Crippen LogP contribution in [-0.4, -0.2) is 71.9 Å². The van der Waals surface area contributed by atoms with Crippen molar-refractivity contribution >= 4 is 33.4 Å². The summed E-state index contributed by atoms with van der Waals surface area (Å²) in [5.74, 6) is -0.244. The van der Waals surface area contributed by atoms with E-state index in [1.54, 1.807) is 29.3 Å². The van der Waals surface area contributed by atoms with E-state index in [-0.39, 0.29) is 24.0 Å². The quantitative estimate of drug-likeness (QED) is 0.651. The molecule has 27 heavy (non-hydrogen) atoms. The Morgan fingerprint density at radius 3 is 2.56 bits per heavy atom. The fraction of sp³-hybridized carbons (Fsp3) is 0.438. The van der Waals surface area contributed by atoms with Crippen LogP contribution in [0.15, 0.2) is 30.7 Å². The van der Waals surface area contributed by atoms with Crippen LogP contribution < -0.4 is 4.90 Å². The van der Waals surface area contributed by atoms with Gasteiger partial charge in [0.1, 0.15) is 5.69 Å². The van der Waals surface area contributed by atoms with Gasteiger partial charge in [0.05, 0.1) is 18.1 Å². The van der Waals surface area contributed by atoms with Crippen molar-refractivity contribution in [2.24, 2.45) is 0 Å². The van der Waals surface area contributed by atoms with Gasteiger partial charge in [-0.15, -0.1) is 0 Å². The maximum Gasteiger partial charge on any atom is 0.281 e.